The fraction of sp³-hybridized carbons (Fsp3) is 0.412. The van der Waals surface area contributed by atoms with Crippen LogP contribution in [0, 0.1) is 19.8 Å². The van der Waals surface area contributed by atoms with Crippen molar-refractivity contribution in [2.45, 2.75) is 32.2 Å². The Bertz CT molecular complexity index is 538. The molecule has 0 radical (unpaired) electrons. The van der Waals surface area contributed by atoms with E-state index in [4.69, 9.17) is 0 Å². The van der Waals surface area contributed by atoms with Gasteiger partial charge in [-0.05, 0) is 56.3 Å². The maximum Gasteiger partial charge on any atom is 0.0447 e. The van der Waals surface area contributed by atoms with E-state index in [1.807, 2.05) is 11.3 Å². The van der Waals surface area contributed by atoms with E-state index < -0.39 is 0 Å². The number of hydrogen-bond acceptors (Lipinski definition) is 2. The van der Waals surface area contributed by atoms with Crippen molar-refractivity contribution >= 4 is 11.3 Å². The van der Waals surface area contributed by atoms with Gasteiger partial charge in [0.05, 0.1) is 0 Å². The summed E-state index contributed by atoms with van der Waals surface area (Å²) in [5.41, 5.74) is 2.93. The average molecular weight is 271 g/mol. The number of benzene rings is 1. The molecule has 1 aromatic heterocycles. The highest BCUT2D eigenvalue weighted by atomic mass is 32.1. The van der Waals surface area contributed by atoms with Gasteiger partial charge in [0.15, 0.2) is 0 Å². The molecule has 3 rings (SSSR count). The SMILES string of the molecule is CNC(c1cc(C)c(C)s1)C1CC1c1ccccc1. The fourth-order valence-electron chi connectivity index (χ4n) is 2.99. The van der Waals surface area contributed by atoms with Gasteiger partial charge in [0.1, 0.15) is 0 Å². The molecule has 1 aliphatic rings. The number of aryl methyl sites for hydroxylation is 2. The van der Waals surface area contributed by atoms with Crippen molar-refractivity contribution in [1.29, 1.82) is 0 Å². The van der Waals surface area contributed by atoms with E-state index in [0.717, 1.165) is 11.8 Å². The second-order valence-corrected chi connectivity index (χ2v) is 6.86. The Morgan fingerprint density at radius 3 is 2.53 bits per heavy atom. The van der Waals surface area contributed by atoms with Crippen LogP contribution in [0.1, 0.15) is 39.3 Å². The minimum absolute atomic E-state index is 0.516. The average Bonchev–Trinajstić information content (AvgIpc) is 3.13. The Hall–Kier alpha value is -1.12. The fourth-order valence-corrected chi connectivity index (χ4v) is 4.22. The summed E-state index contributed by atoms with van der Waals surface area (Å²) in [5.74, 6) is 1.49. The number of hydrogen-bond donors (Lipinski definition) is 1. The van der Waals surface area contributed by atoms with Gasteiger partial charge >= 0.3 is 0 Å². The molecule has 3 atom stereocenters. The van der Waals surface area contributed by atoms with Gasteiger partial charge in [-0.3, -0.25) is 0 Å². The molecule has 1 heterocycles. The first kappa shape index (κ1) is 12.9. The molecule has 1 N–H and O–H groups in total. The molecule has 100 valence electrons. The maximum atomic E-state index is 3.53. The standard InChI is InChI=1S/C17H21NS/c1-11-9-16(19-12(11)2)17(18-3)15-10-14(15)13-7-5-4-6-8-13/h4-9,14-15,17-18H,10H2,1-3H3. The molecule has 0 amide bonds. The molecule has 1 aromatic carbocycles. The molecule has 2 heteroatoms. The van der Waals surface area contributed by atoms with E-state index in [1.165, 1.54) is 27.3 Å². The Labute approximate surface area is 119 Å². The number of nitrogens with one attached hydrogen (secondary N) is 1. The first-order chi connectivity index (χ1) is 9.20. The quantitative estimate of drug-likeness (QED) is 0.867. The number of rotatable bonds is 4. The summed E-state index contributed by atoms with van der Waals surface area (Å²) >= 11 is 1.95. The lowest BCUT2D eigenvalue weighted by molar-refractivity contribution is 0.526. The molecule has 0 saturated heterocycles. The molecule has 2 aromatic rings. The molecule has 0 aliphatic heterocycles. The lowest BCUT2D eigenvalue weighted by Gasteiger charge is -2.14. The zero-order valence-electron chi connectivity index (χ0n) is 11.8. The highest BCUT2D eigenvalue weighted by Gasteiger charge is 2.44. The van der Waals surface area contributed by atoms with Crippen LogP contribution in [-0.2, 0) is 0 Å². The van der Waals surface area contributed by atoms with E-state index in [9.17, 15) is 0 Å². The van der Waals surface area contributed by atoms with Crippen LogP contribution in [0.15, 0.2) is 36.4 Å². The van der Waals surface area contributed by atoms with Crippen LogP contribution in [0.2, 0.25) is 0 Å². The van der Waals surface area contributed by atoms with Crippen LogP contribution < -0.4 is 5.32 Å². The number of thiophene rings is 1. The van der Waals surface area contributed by atoms with Gasteiger partial charge in [-0.25, -0.2) is 0 Å². The topological polar surface area (TPSA) is 12.0 Å². The van der Waals surface area contributed by atoms with Gasteiger partial charge in [0.2, 0.25) is 0 Å². The summed E-state index contributed by atoms with van der Waals surface area (Å²) in [5, 5.41) is 3.53. The highest BCUT2D eigenvalue weighted by molar-refractivity contribution is 7.12. The Balaban J connectivity index is 1.78. The lowest BCUT2D eigenvalue weighted by Crippen LogP contribution is -2.17. The van der Waals surface area contributed by atoms with E-state index in [1.54, 1.807) is 0 Å². The third kappa shape index (κ3) is 2.47. The van der Waals surface area contributed by atoms with Crippen LogP contribution in [0.3, 0.4) is 0 Å². The van der Waals surface area contributed by atoms with Crippen LogP contribution in [0.5, 0.6) is 0 Å². The molecular weight excluding hydrogens is 250 g/mol. The van der Waals surface area contributed by atoms with Crippen molar-refractivity contribution in [3.05, 3.63) is 57.3 Å². The van der Waals surface area contributed by atoms with E-state index in [2.05, 4.69) is 62.6 Å². The predicted octanol–water partition coefficient (Wildman–Crippen LogP) is 4.43. The van der Waals surface area contributed by atoms with Crippen LogP contribution in [-0.4, -0.2) is 7.05 Å². The molecular formula is C17H21NS. The Morgan fingerprint density at radius 2 is 1.95 bits per heavy atom. The summed E-state index contributed by atoms with van der Waals surface area (Å²) in [7, 11) is 2.09. The van der Waals surface area contributed by atoms with Crippen LogP contribution in [0.4, 0.5) is 0 Å². The normalized spacial score (nSPS) is 23.3. The molecule has 1 fully saturated rings. The predicted molar refractivity (Wildman–Crippen MR) is 82.9 cm³/mol. The van der Waals surface area contributed by atoms with Gasteiger partial charge < -0.3 is 5.32 Å². The summed E-state index contributed by atoms with van der Waals surface area (Å²) in [6.07, 6.45) is 1.31. The minimum Gasteiger partial charge on any atom is -0.312 e. The molecule has 0 bridgehead atoms. The lowest BCUT2D eigenvalue weighted by atomic mass is 10.0. The van der Waals surface area contributed by atoms with Crippen molar-refractivity contribution in [1.82, 2.24) is 5.32 Å². The summed E-state index contributed by atoms with van der Waals surface area (Å²) in [4.78, 5) is 2.95. The smallest absolute Gasteiger partial charge is 0.0447 e. The third-order valence-corrected chi connectivity index (χ3v) is 5.53. The molecule has 0 spiro atoms. The summed E-state index contributed by atoms with van der Waals surface area (Å²) in [6, 6.07) is 13.8. The highest BCUT2D eigenvalue weighted by Crippen LogP contribution is 2.54. The van der Waals surface area contributed by atoms with Crippen LogP contribution >= 0.6 is 11.3 Å². The molecule has 1 nitrogen and oxygen atoms in total. The zero-order valence-corrected chi connectivity index (χ0v) is 12.6. The molecule has 1 saturated carbocycles. The van der Waals surface area contributed by atoms with Crippen molar-refractivity contribution in [2.24, 2.45) is 5.92 Å². The summed E-state index contributed by atoms with van der Waals surface area (Å²) in [6.45, 7) is 4.43. The third-order valence-electron chi connectivity index (χ3n) is 4.30. The van der Waals surface area contributed by atoms with Crippen molar-refractivity contribution < 1.29 is 0 Å². The van der Waals surface area contributed by atoms with Gasteiger partial charge in [0.25, 0.3) is 0 Å². The van der Waals surface area contributed by atoms with Crippen LogP contribution in [0.25, 0.3) is 0 Å². The van der Waals surface area contributed by atoms with E-state index in [-0.39, 0.29) is 0 Å². The van der Waals surface area contributed by atoms with Crippen molar-refractivity contribution in [3.8, 4) is 0 Å². The van der Waals surface area contributed by atoms with Crippen molar-refractivity contribution in [2.75, 3.05) is 7.05 Å². The second-order valence-electron chi connectivity index (χ2n) is 5.57. The van der Waals surface area contributed by atoms with E-state index >= 15 is 0 Å². The molecule has 1 aliphatic carbocycles. The first-order valence-electron chi connectivity index (χ1n) is 7.00. The first-order valence-corrected chi connectivity index (χ1v) is 7.81. The minimum atomic E-state index is 0.516. The monoisotopic (exact) mass is 271 g/mol. The van der Waals surface area contributed by atoms with Gasteiger partial charge in [0, 0.05) is 15.8 Å². The largest absolute Gasteiger partial charge is 0.312 e. The Morgan fingerprint density at radius 1 is 1.21 bits per heavy atom. The zero-order chi connectivity index (χ0) is 13.4. The van der Waals surface area contributed by atoms with E-state index in [0.29, 0.717) is 6.04 Å². The Kier molecular flexibility index (Phi) is 3.46. The van der Waals surface area contributed by atoms with Gasteiger partial charge in [-0.2, -0.15) is 0 Å². The maximum absolute atomic E-state index is 3.53. The van der Waals surface area contributed by atoms with Gasteiger partial charge in [-0.1, -0.05) is 30.3 Å². The molecule has 19 heavy (non-hydrogen) atoms. The van der Waals surface area contributed by atoms with Gasteiger partial charge in [-0.15, -0.1) is 11.3 Å². The van der Waals surface area contributed by atoms with Crippen molar-refractivity contribution in [3.63, 3.8) is 0 Å². The molecule has 3 unspecified atom stereocenters. The summed E-state index contributed by atoms with van der Waals surface area (Å²) < 4.78 is 0. The second kappa shape index (κ2) is 5.10.